The number of carbonyl (C=O) groups excluding carboxylic acids is 1. The zero-order valence-corrected chi connectivity index (χ0v) is 14.3. The van der Waals surface area contributed by atoms with Crippen molar-refractivity contribution < 1.29 is 14.5 Å². The second-order valence-corrected chi connectivity index (χ2v) is 6.13. The summed E-state index contributed by atoms with van der Waals surface area (Å²) in [6, 6.07) is 4.63. The van der Waals surface area contributed by atoms with E-state index in [1.807, 2.05) is 0 Å². The number of non-ortho nitro benzene ring substituents is 1. The van der Waals surface area contributed by atoms with Gasteiger partial charge in [-0.25, -0.2) is 0 Å². The Kier molecular flexibility index (Phi) is 6.54. The monoisotopic (exact) mass is 335 g/mol. The van der Waals surface area contributed by atoms with Crippen molar-refractivity contribution in [1.82, 2.24) is 10.2 Å². The molecule has 1 saturated heterocycles. The van der Waals surface area contributed by atoms with E-state index in [0.717, 1.165) is 19.5 Å². The number of hydrogen-bond donors (Lipinski definition) is 1. The van der Waals surface area contributed by atoms with Gasteiger partial charge in [-0.1, -0.05) is 6.42 Å². The first-order valence-corrected chi connectivity index (χ1v) is 8.37. The Labute approximate surface area is 142 Å². The number of likely N-dealkylation sites (tertiary alicyclic amines) is 1. The lowest BCUT2D eigenvalue weighted by Crippen LogP contribution is -2.39. The fraction of sp³-hybridized carbons (Fsp3) is 0.588. The van der Waals surface area contributed by atoms with E-state index in [4.69, 9.17) is 4.74 Å². The first-order valence-electron chi connectivity index (χ1n) is 8.37. The summed E-state index contributed by atoms with van der Waals surface area (Å²) in [6.45, 7) is 4.85. The first-order chi connectivity index (χ1) is 11.5. The molecule has 1 atom stereocenters. The maximum atomic E-state index is 12.3. The maximum absolute atomic E-state index is 12.3. The number of nitro benzene ring substituents is 1. The molecule has 24 heavy (non-hydrogen) atoms. The van der Waals surface area contributed by atoms with E-state index in [0.29, 0.717) is 18.3 Å². The largest absolute Gasteiger partial charge is 0.496 e. The van der Waals surface area contributed by atoms with E-state index in [1.165, 1.54) is 44.6 Å². The highest BCUT2D eigenvalue weighted by atomic mass is 16.6. The molecule has 1 heterocycles. The Morgan fingerprint density at radius 3 is 2.92 bits per heavy atom. The molecular formula is C17H25N3O4. The zero-order valence-electron chi connectivity index (χ0n) is 14.3. The number of methoxy groups -OCH3 is 1. The summed E-state index contributed by atoms with van der Waals surface area (Å²) in [6.07, 6.45) is 4.62. The third-order valence-corrected chi connectivity index (χ3v) is 4.49. The molecular weight excluding hydrogens is 310 g/mol. The molecule has 0 aliphatic carbocycles. The van der Waals surface area contributed by atoms with Gasteiger partial charge in [0.2, 0.25) is 0 Å². The number of ether oxygens (including phenoxy) is 1. The molecule has 0 saturated carbocycles. The molecule has 0 radical (unpaired) electrons. The topological polar surface area (TPSA) is 84.7 Å². The van der Waals surface area contributed by atoms with E-state index >= 15 is 0 Å². The molecule has 1 fully saturated rings. The van der Waals surface area contributed by atoms with Crippen molar-refractivity contribution in [3.63, 3.8) is 0 Å². The summed E-state index contributed by atoms with van der Waals surface area (Å²) in [5.74, 6) is -0.00926. The summed E-state index contributed by atoms with van der Waals surface area (Å²) in [4.78, 5) is 25.1. The van der Waals surface area contributed by atoms with Crippen LogP contribution < -0.4 is 10.1 Å². The summed E-state index contributed by atoms with van der Waals surface area (Å²) < 4.78 is 5.13. The van der Waals surface area contributed by atoms with Crippen molar-refractivity contribution in [2.75, 3.05) is 26.7 Å². The number of nitrogens with zero attached hydrogens (tertiary/aromatic N) is 2. The Morgan fingerprint density at radius 2 is 2.25 bits per heavy atom. The van der Waals surface area contributed by atoms with Crippen LogP contribution in [0.2, 0.25) is 0 Å². The van der Waals surface area contributed by atoms with Gasteiger partial charge in [-0.05, 0) is 38.8 Å². The number of rotatable bonds is 7. The fourth-order valence-electron chi connectivity index (χ4n) is 3.06. The van der Waals surface area contributed by atoms with Gasteiger partial charge in [0, 0.05) is 31.3 Å². The van der Waals surface area contributed by atoms with Gasteiger partial charge in [-0.15, -0.1) is 0 Å². The molecule has 7 heteroatoms. The third kappa shape index (κ3) is 4.67. The van der Waals surface area contributed by atoms with Gasteiger partial charge in [0.05, 0.1) is 17.6 Å². The smallest absolute Gasteiger partial charge is 0.270 e. The number of hydrogen-bond acceptors (Lipinski definition) is 5. The molecule has 7 nitrogen and oxygen atoms in total. The molecule has 0 unspecified atom stereocenters. The van der Waals surface area contributed by atoms with Crippen LogP contribution in [-0.4, -0.2) is 48.5 Å². The van der Waals surface area contributed by atoms with Crippen LogP contribution in [0.1, 0.15) is 43.0 Å². The number of nitro groups is 1. The van der Waals surface area contributed by atoms with Crippen molar-refractivity contribution in [2.45, 2.75) is 38.6 Å². The van der Waals surface area contributed by atoms with Gasteiger partial charge < -0.3 is 15.0 Å². The highest BCUT2D eigenvalue weighted by molar-refractivity contribution is 5.97. The van der Waals surface area contributed by atoms with Crippen LogP contribution in [0, 0.1) is 10.1 Å². The zero-order chi connectivity index (χ0) is 17.5. The van der Waals surface area contributed by atoms with E-state index in [-0.39, 0.29) is 17.2 Å². The molecule has 132 valence electrons. The number of amides is 1. The SMILES string of the molecule is COc1ccc([N+](=O)[O-])cc1C(=O)NCCCN1CCCC[C@@H]1C. The average molecular weight is 335 g/mol. The molecule has 1 aromatic carbocycles. The van der Waals surface area contributed by atoms with Gasteiger partial charge in [-0.3, -0.25) is 14.9 Å². The van der Waals surface area contributed by atoms with E-state index in [9.17, 15) is 14.9 Å². The second kappa shape index (κ2) is 8.63. The highest BCUT2D eigenvalue weighted by Crippen LogP contribution is 2.23. The van der Waals surface area contributed by atoms with Gasteiger partial charge in [0.25, 0.3) is 11.6 Å². The Balaban J connectivity index is 1.87. The van der Waals surface area contributed by atoms with E-state index in [2.05, 4.69) is 17.1 Å². The minimum Gasteiger partial charge on any atom is -0.496 e. The standard InChI is InChI=1S/C17H25N3O4/c1-13-6-3-4-10-19(13)11-5-9-18-17(21)15-12-14(20(22)23)7-8-16(15)24-2/h7-8,12-13H,3-6,9-11H2,1-2H3,(H,18,21)/t13-/m0/s1. The molecule has 1 N–H and O–H groups in total. The van der Waals surface area contributed by atoms with Crippen LogP contribution in [0.5, 0.6) is 5.75 Å². The Bertz CT molecular complexity index is 591. The average Bonchev–Trinajstić information content (AvgIpc) is 2.59. The number of carbonyl (C=O) groups is 1. The van der Waals surface area contributed by atoms with Crippen molar-refractivity contribution in [1.29, 1.82) is 0 Å². The predicted octanol–water partition coefficient (Wildman–Crippen LogP) is 2.60. The summed E-state index contributed by atoms with van der Waals surface area (Å²) in [5, 5.41) is 13.7. The molecule has 0 spiro atoms. The van der Waals surface area contributed by atoms with Crippen molar-refractivity contribution in [3.05, 3.63) is 33.9 Å². The number of nitrogens with one attached hydrogen (secondary N) is 1. The molecule has 0 bridgehead atoms. The van der Waals surface area contributed by atoms with Gasteiger partial charge in [0.1, 0.15) is 5.75 Å². The minimum absolute atomic E-state index is 0.122. The van der Waals surface area contributed by atoms with Crippen LogP contribution >= 0.6 is 0 Å². The fourth-order valence-corrected chi connectivity index (χ4v) is 3.06. The molecule has 1 aromatic rings. The predicted molar refractivity (Wildman–Crippen MR) is 91.5 cm³/mol. The third-order valence-electron chi connectivity index (χ3n) is 4.49. The lowest BCUT2D eigenvalue weighted by Gasteiger charge is -2.33. The van der Waals surface area contributed by atoms with Gasteiger partial charge >= 0.3 is 0 Å². The van der Waals surface area contributed by atoms with Gasteiger partial charge in [0.15, 0.2) is 0 Å². The summed E-state index contributed by atoms with van der Waals surface area (Å²) in [5.41, 5.74) is 0.0705. The molecule has 1 aliphatic rings. The van der Waals surface area contributed by atoms with Crippen LogP contribution in [0.3, 0.4) is 0 Å². The molecule has 2 rings (SSSR count). The highest BCUT2D eigenvalue weighted by Gasteiger charge is 2.19. The lowest BCUT2D eigenvalue weighted by atomic mass is 10.0. The quantitative estimate of drug-likeness (QED) is 0.470. The molecule has 0 aromatic heterocycles. The Hall–Kier alpha value is -2.15. The molecule has 1 amide bonds. The normalized spacial score (nSPS) is 18.2. The summed E-state index contributed by atoms with van der Waals surface area (Å²) >= 11 is 0. The lowest BCUT2D eigenvalue weighted by molar-refractivity contribution is -0.384. The minimum atomic E-state index is -0.520. The number of piperidine rings is 1. The van der Waals surface area contributed by atoms with Crippen LogP contribution in [0.15, 0.2) is 18.2 Å². The summed E-state index contributed by atoms with van der Waals surface area (Å²) in [7, 11) is 1.44. The van der Waals surface area contributed by atoms with Crippen molar-refractivity contribution in [2.24, 2.45) is 0 Å². The maximum Gasteiger partial charge on any atom is 0.270 e. The van der Waals surface area contributed by atoms with E-state index in [1.54, 1.807) is 0 Å². The second-order valence-electron chi connectivity index (χ2n) is 6.13. The van der Waals surface area contributed by atoms with E-state index < -0.39 is 4.92 Å². The Morgan fingerprint density at radius 1 is 1.46 bits per heavy atom. The first kappa shape index (κ1) is 18.2. The van der Waals surface area contributed by atoms with Crippen LogP contribution in [0.25, 0.3) is 0 Å². The van der Waals surface area contributed by atoms with Crippen molar-refractivity contribution >= 4 is 11.6 Å². The molecule has 1 aliphatic heterocycles. The number of benzene rings is 1. The van der Waals surface area contributed by atoms with Gasteiger partial charge in [-0.2, -0.15) is 0 Å². The van der Waals surface area contributed by atoms with Crippen molar-refractivity contribution in [3.8, 4) is 5.75 Å². The van der Waals surface area contributed by atoms with Crippen LogP contribution in [-0.2, 0) is 0 Å². The van der Waals surface area contributed by atoms with Crippen LogP contribution in [0.4, 0.5) is 5.69 Å².